The molecule has 0 bridgehead atoms. The molecule has 5 heteroatoms. The van der Waals surface area contributed by atoms with E-state index in [4.69, 9.17) is 5.11 Å². The third-order valence-electron chi connectivity index (χ3n) is 3.83. The topological polar surface area (TPSA) is 60.9 Å². The molecule has 0 radical (unpaired) electrons. The Balaban J connectivity index is 1.89. The Hall–Kier alpha value is -1.10. The van der Waals surface area contributed by atoms with Crippen LogP contribution in [0.5, 0.6) is 0 Å². The van der Waals surface area contributed by atoms with Crippen LogP contribution >= 0.6 is 0 Å². The first kappa shape index (κ1) is 12.4. The zero-order chi connectivity index (χ0) is 12.4. The molecule has 2 fully saturated rings. The SMILES string of the molecule is CN1CCC(N2CC(CC(=O)O)CC2=O)CC1. The largest absolute Gasteiger partial charge is 0.481 e. The van der Waals surface area contributed by atoms with E-state index in [-0.39, 0.29) is 18.2 Å². The molecule has 5 nitrogen and oxygen atoms in total. The van der Waals surface area contributed by atoms with Gasteiger partial charge in [-0.2, -0.15) is 0 Å². The fraction of sp³-hybridized carbons (Fsp3) is 0.833. The number of carbonyl (C=O) groups excluding carboxylic acids is 1. The normalized spacial score (nSPS) is 27.7. The number of nitrogens with zero attached hydrogens (tertiary/aromatic N) is 2. The van der Waals surface area contributed by atoms with Crippen LogP contribution in [0.4, 0.5) is 0 Å². The fourth-order valence-corrected chi connectivity index (χ4v) is 2.85. The number of rotatable bonds is 3. The fourth-order valence-electron chi connectivity index (χ4n) is 2.85. The van der Waals surface area contributed by atoms with Crippen LogP contribution < -0.4 is 0 Å². The number of carboxylic acid groups (broad SMARTS) is 1. The molecule has 1 amide bonds. The van der Waals surface area contributed by atoms with Gasteiger partial charge in [0.1, 0.15) is 0 Å². The maximum Gasteiger partial charge on any atom is 0.303 e. The number of amides is 1. The minimum atomic E-state index is -0.798. The predicted octanol–water partition coefficient (Wildman–Crippen LogP) is 0.404. The summed E-state index contributed by atoms with van der Waals surface area (Å²) in [4.78, 5) is 26.7. The van der Waals surface area contributed by atoms with Crippen molar-refractivity contribution in [2.45, 2.75) is 31.7 Å². The molecule has 0 saturated carbocycles. The van der Waals surface area contributed by atoms with Crippen LogP contribution in [0.1, 0.15) is 25.7 Å². The molecule has 2 aliphatic heterocycles. The van der Waals surface area contributed by atoms with Crippen LogP contribution in [-0.4, -0.2) is 59.5 Å². The van der Waals surface area contributed by atoms with Crippen LogP contribution in [0, 0.1) is 5.92 Å². The van der Waals surface area contributed by atoms with Gasteiger partial charge in [0, 0.05) is 19.0 Å². The second-order valence-electron chi connectivity index (χ2n) is 5.25. The summed E-state index contributed by atoms with van der Waals surface area (Å²) in [6.07, 6.45) is 2.57. The standard InChI is InChI=1S/C12H20N2O3/c1-13-4-2-10(3-5-13)14-8-9(6-11(14)15)7-12(16)17/h9-10H,2-8H2,1H3,(H,16,17). The quantitative estimate of drug-likeness (QED) is 0.776. The molecule has 2 aliphatic rings. The number of hydrogen-bond acceptors (Lipinski definition) is 3. The van der Waals surface area contributed by atoms with E-state index in [9.17, 15) is 9.59 Å². The van der Waals surface area contributed by atoms with Crippen molar-refractivity contribution in [2.75, 3.05) is 26.7 Å². The van der Waals surface area contributed by atoms with Crippen molar-refractivity contribution < 1.29 is 14.7 Å². The first-order chi connectivity index (χ1) is 8.06. The minimum absolute atomic E-state index is 0.0136. The molecule has 2 saturated heterocycles. The molecule has 1 unspecified atom stereocenters. The van der Waals surface area contributed by atoms with Gasteiger partial charge >= 0.3 is 5.97 Å². The monoisotopic (exact) mass is 240 g/mol. The number of carboxylic acids is 1. The second kappa shape index (κ2) is 5.04. The van der Waals surface area contributed by atoms with Gasteiger partial charge in [-0.1, -0.05) is 0 Å². The lowest BCUT2D eigenvalue weighted by molar-refractivity contribution is -0.138. The van der Waals surface area contributed by atoms with Crippen LogP contribution in [0.15, 0.2) is 0 Å². The average molecular weight is 240 g/mol. The molecule has 1 atom stereocenters. The van der Waals surface area contributed by atoms with Crippen LogP contribution in [0.3, 0.4) is 0 Å². The van der Waals surface area contributed by atoms with E-state index in [1.807, 2.05) is 4.90 Å². The molecule has 0 spiro atoms. The number of hydrogen-bond donors (Lipinski definition) is 1. The van der Waals surface area contributed by atoms with Crippen molar-refractivity contribution in [3.63, 3.8) is 0 Å². The Bertz CT molecular complexity index is 311. The highest BCUT2D eigenvalue weighted by atomic mass is 16.4. The summed E-state index contributed by atoms with van der Waals surface area (Å²) in [5.74, 6) is -0.640. The number of likely N-dealkylation sites (tertiary alicyclic amines) is 2. The molecular weight excluding hydrogens is 220 g/mol. The van der Waals surface area contributed by atoms with Gasteiger partial charge < -0.3 is 14.9 Å². The summed E-state index contributed by atoms with van der Waals surface area (Å²) >= 11 is 0. The Morgan fingerprint density at radius 2 is 2.06 bits per heavy atom. The number of aliphatic carboxylic acids is 1. The van der Waals surface area contributed by atoms with Gasteiger partial charge in [0.2, 0.25) is 5.91 Å². The molecule has 17 heavy (non-hydrogen) atoms. The van der Waals surface area contributed by atoms with E-state index in [0.29, 0.717) is 19.0 Å². The van der Waals surface area contributed by atoms with Crippen molar-refractivity contribution in [1.29, 1.82) is 0 Å². The summed E-state index contributed by atoms with van der Waals surface area (Å²) in [5, 5.41) is 8.75. The predicted molar refractivity (Wildman–Crippen MR) is 62.6 cm³/mol. The molecule has 1 N–H and O–H groups in total. The summed E-state index contributed by atoms with van der Waals surface area (Å²) in [6, 6.07) is 0.331. The molecule has 2 rings (SSSR count). The van der Waals surface area contributed by atoms with E-state index < -0.39 is 5.97 Å². The van der Waals surface area contributed by atoms with Crippen molar-refractivity contribution in [1.82, 2.24) is 9.80 Å². The Morgan fingerprint density at radius 1 is 1.41 bits per heavy atom. The lowest BCUT2D eigenvalue weighted by atomic mass is 10.0. The molecular formula is C12H20N2O3. The van der Waals surface area contributed by atoms with Crippen LogP contribution in [0.25, 0.3) is 0 Å². The van der Waals surface area contributed by atoms with Crippen molar-refractivity contribution in [2.24, 2.45) is 5.92 Å². The van der Waals surface area contributed by atoms with Crippen LogP contribution in [0.2, 0.25) is 0 Å². The molecule has 2 heterocycles. The van der Waals surface area contributed by atoms with Gasteiger partial charge in [0.15, 0.2) is 0 Å². The van der Waals surface area contributed by atoms with Gasteiger partial charge in [0.25, 0.3) is 0 Å². The van der Waals surface area contributed by atoms with E-state index >= 15 is 0 Å². The van der Waals surface area contributed by atoms with Gasteiger partial charge in [-0.25, -0.2) is 0 Å². The van der Waals surface area contributed by atoms with Crippen molar-refractivity contribution in [3.05, 3.63) is 0 Å². The molecule has 96 valence electrons. The highest BCUT2D eigenvalue weighted by Crippen LogP contribution is 2.26. The lowest BCUT2D eigenvalue weighted by Crippen LogP contribution is -2.44. The summed E-state index contributed by atoms with van der Waals surface area (Å²) < 4.78 is 0. The van der Waals surface area contributed by atoms with Crippen molar-refractivity contribution in [3.8, 4) is 0 Å². The van der Waals surface area contributed by atoms with Crippen LogP contribution in [-0.2, 0) is 9.59 Å². The van der Waals surface area contributed by atoms with E-state index in [0.717, 1.165) is 25.9 Å². The highest BCUT2D eigenvalue weighted by molar-refractivity contribution is 5.80. The zero-order valence-corrected chi connectivity index (χ0v) is 10.3. The lowest BCUT2D eigenvalue weighted by Gasteiger charge is -2.35. The first-order valence-corrected chi connectivity index (χ1v) is 6.26. The van der Waals surface area contributed by atoms with Crippen molar-refractivity contribution >= 4 is 11.9 Å². The zero-order valence-electron chi connectivity index (χ0n) is 10.3. The summed E-state index contributed by atoms with van der Waals surface area (Å²) in [6.45, 7) is 2.69. The average Bonchev–Trinajstić information content (AvgIpc) is 2.59. The van der Waals surface area contributed by atoms with Gasteiger partial charge in [-0.15, -0.1) is 0 Å². The highest BCUT2D eigenvalue weighted by Gasteiger charge is 2.36. The van der Waals surface area contributed by atoms with Gasteiger partial charge in [-0.3, -0.25) is 9.59 Å². The first-order valence-electron chi connectivity index (χ1n) is 6.26. The summed E-state index contributed by atoms with van der Waals surface area (Å²) in [5.41, 5.74) is 0. The van der Waals surface area contributed by atoms with E-state index in [1.54, 1.807) is 0 Å². The number of carbonyl (C=O) groups is 2. The third-order valence-corrected chi connectivity index (χ3v) is 3.83. The molecule has 0 aromatic carbocycles. The third kappa shape index (κ3) is 2.97. The number of piperidine rings is 1. The Kier molecular flexibility index (Phi) is 3.66. The molecule has 0 aliphatic carbocycles. The summed E-state index contributed by atoms with van der Waals surface area (Å²) in [7, 11) is 2.09. The maximum atomic E-state index is 11.9. The molecule has 0 aromatic rings. The van der Waals surface area contributed by atoms with Gasteiger partial charge in [-0.05, 0) is 38.9 Å². The Morgan fingerprint density at radius 3 is 2.65 bits per heavy atom. The minimum Gasteiger partial charge on any atom is -0.481 e. The van der Waals surface area contributed by atoms with Gasteiger partial charge in [0.05, 0.1) is 6.42 Å². The van der Waals surface area contributed by atoms with E-state index in [1.165, 1.54) is 0 Å². The Labute approximate surface area is 101 Å². The van der Waals surface area contributed by atoms with E-state index in [2.05, 4.69) is 11.9 Å². The second-order valence-corrected chi connectivity index (χ2v) is 5.25. The smallest absolute Gasteiger partial charge is 0.303 e. The maximum absolute atomic E-state index is 11.9. The molecule has 0 aromatic heterocycles.